The summed E-state index contributed by atoms with van der Waals surface area (Å²) in [6, 6.07) is 36.8. The minimum atomic E-state index is -2.96. The summed E-state index contributed by atoms with van der Waals surface area (Å²) in [7, 11) is 0. The van der Waals surface area contributed by atoms with Crippen LogP contribution >= 0.6 is 0 Å². The summed E-state index contributed by atoms with van der Waals surface area (Å²) in [6.45, 7) is 5.22. The fourth-order valence-corrected chi connectivity index (χ4v) is 12.6. The van der Waals surface area contributed by atoms with Crippen LogP contribution in [-0.4, -0.2) is 161 Å². The maximum atomic E-state index is 14.3. The molecule has 117 heavy (non-hydrogen) atoms. The summed E-state index contributed by atoms with van der Waals surface area (Å²) in [5.74, 6) is -26.9. The summed E-state index contributed by atoms with van der Waals surface area (Å²) in [4.78, 5) is 160. The van der Waals surface area contributed by atoms with E-state index < -0.39 is 156 Å². The molecule has 0 spiro atoms. The van der Waals surface area contributed by atoms with E-state index in [1.807, 2.05) is 35.6 Å². The summed E-state index contributed by atoms with van der Waals surface area (Å²) >= 11 is 0. The van der Waals surface area contributed by atoms with Crippen molar-refractivity contribution in [2.24, 2.45) is 46.6 Å². The Hall–Kier alpha value is -13.5. The zero-order valence-electron chi connectivity index (χ0n) is 63.1. The van der Waals surface area contributed by atoms with E-state index in [0.717, 1.165) is 20.3 Å². The van der Waals surface area contributed by atoms with Gasteiger partial charge in [0.1, 0.15) is 0 Å². The third-order valence-electron chi connectivity index (χ3n) is 19.4. The maximum Gasteiger partial charge on any atom is 0.394 e. The van der Waals surface area contributed by atoms with Gasteiger partial charge in [-0.15, -0.1) is 0 Å². The van der Waals surface area contributed by atoms with Crippen LogP contribution in [0.25, 0.3) is 0 Å². The molecule has 14 N–H and O–H groups in total. The molecule has 0 radical (unpaired) electrons. The summed E-state index contributed by atoms with van der Waals surface area (Å²) in [5, 5.41) is 20.5. The number of primary amides is 4. The predicted molar refractivity (Wildman–Crippen MR) is 408 cm³/mol. The molecule has 0 aliphatic carbocycles. The first-order chi connectivity index (χ1) is 55.2. The topological polar surface area (TPSA) is 451 Å². The molecule has 0 unspecified atom stereocenters. The van der Waals surface area contributed by atoms with Gasteiger partial charge < -0.3 is 69.3 Å². The van der Waals surface area contributed by atoms with E-state index in [-0.39, 0.29) is 77.1 Å². The van der Waals surface area contributed by atoms with Crippen LogP contribution in [0, 0.1) is 23.7 Å². The van der Waals surface area contributed by atoms with Crippen molar-refractivity contribution in [3.8, 4) is 0 Å². The molecule has 4 aromatic heterocycles. The first kappa shape index (κ1) is 89.1. The second-order valence-electron chi connectivity index (χ2n) is 27.9. The number of rotatable bonds is 12. The minimum Gasteiger partial charge on any atom is -0.474 e. The zero-order valence-corrected chi connectivity index (χ0v) is 63.1. The van der Waals surface area contributed by atoms with Gasteiger partial charge in [0, 0.05) is 106 Å². The van der Waals surface area contributed by atoms with Crippen molar-refractivity contribution in [1.82, 2.24) is 40.0 Å². The van der Waals surface area contributed by atoms with E-state index in [2.05, 4.69) is 41.2 Å². The van der Waals surface area contributed by atoms with Crippen molar-refractivity contribution >= 4 is 93.7 Å². The number of hydrogen-bond donors (Lipinski definition) is 10. The number of nitrogens with one attached hydrogen (secondary N) is 5. The highest BCUT2D eigenvalue weighted by atomic mass is 19.3. The minimum absolute atomic E-state index is 0.0589. The van der Waals surface area contributed by atoms with Crippen molar-refractivity contribution in [1.29, 1.82) is 0 Å². The average molecular weight is 1630 g/mol. The summed E-state index contributed by atoms with van der Waals surface area (Å²) in [5.41, 5.74) is 23.7. The Kier molecular flexibility index (Phi) is 29.7. The SMILES string of the molecule is C[C@@H]1CN(C(=O)C(=O)Nc2cncc(C(N)=O)c2)[C@@H](c2ccccc2)CC1(F)F.C[C@H]1CN(C(=O)C(=O)Nc2cncc(C(N)=O)c2)[C@H](c2ccccc2)CC1(F)F.C[C@H]1CN(C(=O)C(=O)Nc2cncc(C(N)=O)c2)[C@H](c2ccccc2)CC1(F)F.C[C@H]1CN[C@H](c2ccccc2)CC1(F)F.NC(=O)c1cncc(NC(=O)C(=O)O)c1. The van der Waals surface area contributed by atoms with E-state index in [1.54, 1.807) is 97.9 Å². The molecule has 12 rings (SSSR count). The van der Waals surface area contributed by atoms with Gasteiger partial charge in [0.15, 0.2) is 0 Å². The fourth-order valence-electron chi connectivity index (χ4n) is 12.6. The molecule has 616 valence electrons. The van der Waals surface area contributed by atoms with Crippen LogP contribution in [0.5, 0.6) is 0 Å². The highest BCUT2D eigenvalue weighted by Crippen LogP contribution is 2.46. The predicted octanol–water partition coefficient (Wildman–Crippen LogP) is 9.29. The van der Waals surface area contributed by atoms with Crippen LogP contribution in [0.2, 0.25) is 0 Å². The number of carbonyl (C=O) groups is 12. The Labute approximate surface area is 663 Å². The fraction of sp³-hybridized carbons (Fsp3) is 0.300. The van der Waals surface area contributed by atoms with E-state index >= 15 is 0 Å². The number of hydrogen-bond acceptors (Lipinski definition) is 17. The highest BCUT2D eigenvalue weighted by Gasteiger charge is 2.52. The number of benzene rings is 4. The molecule has 4 fully saturated rings. The Morgan fingerprint density at radius 3 is 0.838 bits per heavy atom. The third kappa shape index (κ3) is 24.1. The quantitative estimate of drug-likeness (QED) is 0.0402. The number of nitrogens with zero attached hydrogens (tertiary/aromatic N) is 7. The lowest BCUT2D eigenvalue weighted by Crippen LogP contribution is -2.52. The number of aliphatic carboxylic acids is 1. The number of carboxylic acid groups (broad SMARTS) is 1. The molecule has 4 aliphatic heterocycles. The van der Waals surface area contributed by atoms with E-state index in [0.29, 0.717) is 23.2 Å². The standard InChI is InChI=1S/3C20H20F2N4O3.C12H15F2N.C8H7N3O4/c3*1-12-11-26(16(8-20(12,21)22)13-5-3-2-4-6-13)19(29)18(28)25-15-7-14(17(23)27)9-24-10-15;1-9-8-15-11(7-12(9,13)14)10-5-3-2-4-6-10;9-6(12)4-1-5(3-10-2-4)11-7(13)8(14)15/h3*2-7,9-10,12,16H,8,11H2,1H3,(H2,23,27)(H,25,28);2-6,9,11,15H,7-8H2,1H3;1-3H,(H2,9,12)(H,11,13)(H,14,15)/t3*12-,16-;9-,11-;/m1000./s1. The molecular weight excluding hydrogens is 1540 g/mol. The molecular formula is C80H82F8N16O13. The molecule has 8 aromatic rings. The van der Waals surface area contributed by atoms with Crippen molar-refractivity contribution in [2.75, 3.05) is 47.4 Å². The first-order valence-electron chi connectivity index (χ1n) is 36.0. The van der Waals surface area contributed by atoms with Gasteiger partial charge in [-0.25, -0.2) is 39.9 Å². The number of alkyl halides is 8. The van der Waals surface area contributed by atoms with Gasteiger partial charge in [-0.05, 0) is 46.5 Å². The number of carbonyl (C=O) groups excluding carboxylic acids is 11. The Morgan fingerprint density at radius 1 is 0.359 bits per heavy atom. The normalized spacial score (nSPS) is 20.5. The van der Waals surface area contributed by atoms with Gasteiger partial charge >= 0.3 is 47.3 Å². The molecule has 4 aromatic carbocycles. The van der Waals surface area contributed by atoms with Crippen molar-refractivity contribution in [3.63, 3.8) is 0 Å². The molecule has 29 nitrogen and oxygen atoms in total. The second-order valence-corrected chi connectivity index (χ2v) is 27.9. The van der Waals surface area contributed by atoms with Gasteiger partial charge in [-0.3, -0.25) is 72.7 Å². The Balaban J connectivity index is 0.000000187. The molecule has 0 bridgehead atoms. The number of amides is 11. The molecule has 8 atom stereocenters. The van der Waals surface area contributed by atoms with Crippen LogP contribution in [0.4, 0.5) is 57.9 Å². The van der Waals surface area contributed by atoms with Crippen molar-refractivity contribution < 1.29 is 97.8 Å². The maximum absolute atomic E-state index is 14.3. The smallest absolute Gasteiger partial charge is 0.394 e. The number of pyridine rings is 4. The number of aromatic nitrogens is 4. The third-order valence-corrected chi connectivity index (χ3v) is 19.4. The highest BCUT2D eigenvalue weighted by molar-refractivity contribution is 6.41. The number of nitrogens with two attached hydrogens (primary N) is 4. The number of carboxylic acids is 1. The number of likely N-dealkylation sites (tertiary alicyclic amines) is 3. The lowest BCUT2D eigenvalue weighted by molar-refractivity contribution is -0.159. The molecule has 4 saturated heterocycles. The molecule has 4 aliphatic rings. The monoisotopic (exact) mass is 1630 g/mol. The lowest BCUT2D eigenvalue weighted by atomic mass is 9.86. The van der Waals surface area contributed by atoms with Crippen LogP contribution in [0.3, 0.4) is 0 Å². The lowest BCUT2D eigenvalue weighted by Gasteiger charge is -2.42. The van der Waals surface area contributed by atoms with Crippen LogP contribution in [0.15, 0.2) is 195 Å². The number of anilines is 4. The molecule has 0 saturated carbocycles. The van der Waals surface area contributed by atoms with E-state index in [4.69, 9.17) is 28.0 Å². The van der Waals surface area contributed by atoms with Crippen molar-refractivity contribution in [3.05, 3.63) is 240 Å². The van der Waals surface area contributed by atoms with Gasteiger partial charge in [0.25, 0.3) is 23.7 Å². The molecule has 8 heterocycles. The van der Waals surface area contributed by atoms with Gasteiger partial charge in [0.05, 0.1) is 87.9 Å². The van der Waals surface area contributed by atoms with Crippen LogP contribution in [-0.2, 0) is 38.4 Å². The van der Waals surface area contributed by atoms with Crippen LogP contribution < -0.4 is 49.5 Å². The summed E-state index contributed by atoms with van der Waals surface area (Å²) in [6.07, 6.45) is 8.00. The Bertz CT molecular complexity index is 4570. The molecule has 11 amide bonds. The molecule has 37 heteroatoms. The van der Waals surface area contributed by atoms with Gasteiger partial charge in [0.2, 0.25) is 23.6 Å². The summed E-state index contributed by atoms with van der Waals surface area (Å²) < 4.78 is 113. The van der Waals surface area contributed by atoms with Crippen LogP contribution in [0.1, 0.15) is 141 Å². The zero-order chi connectivity index (χ0) is 85.9. The first-order valence-corrected chi connectivity index (χ1v) is 36.0. The van der Waals surface area contributed by atoms with Gasteiger partial charge in [-0.1, -0.05) is 149 Å². The van der Waals surface area contributed by atoms with Crippen molar-refractivity contribution in [2.45, 2.75) is 101 Å². The largest absolute Gasteiger partial charge is 0.474 e. The number of halogens is 8. The number of piperidine rings is 4. The Morgan fingerprint density at radius 2 is 0.598 bits per heavy atom. The van der Waals surface area contributed by atoms with E-state index in [9.17, 15) is 92.7 Å². The van der Waals surface area contributed by atoms with Gasteiger partial charge in [-0.2, -0.15) is 0 Å². The average Bonchev–Trinajstić information content (AvgIpc) is 0.786. The van der Waals surface area contributed by atoms with E-state index in [1.165, 1.54) is 94.6 Å². The second kappa shape index (κ2) is 39.0.